The summed E-state index contributed by atoms with van der Waals surface area (Å²) in [6.45, 7) is 0. The summed E-state index contributed by atoms with van der Waals surface area (Å²) in [6, 6.07) is 6.39. The molecule has 0 aliphatic carbocycles. The van der Waals surface area contributed by atoms with Crippen molar-refractivity contribution in [1.82, 2.24) is 15.0 Å². The van der Waals surface area contributed by atoms with Gasteiger partial charge in [-0.25, -0.2) is 23.1 Å². The first-order valence-corrected chi connectivity index (χ1v) is 6.77. The monoisotopic (exact) mass is 336 g/mol. The summed E-state index contributed by atoms with van der Waals surface area (Å²) in [7, 11) is 0. The van der Waals surface area contributed by atoms with E-state index in [2.05, 4.69) is 20.3 Å². The van der Waals surface area contributed by atoms with Crippen molar-refractivity contribution in [3.05, 3.63) is 65.3 Å². The predicted octanol–water partition coefficient (Wildman–Crippen LogP) is 4.35. The van der Waals surface area contributed by atoms with E-state index >= 15 is 0 Å². The number of anilines is 2. The van der Waals surface area contributed by atoms with Gasteiger partial charge in [0.15, 0.2) is 23.3 Å². The van der Waals surface area contributed by atoms with Gasteiger partial charge in [0.05, 0.1) is 0 Å². The molecule has 0 atom stereocenters. The average Bonchev–Trinajstić information content (AvgIpc) is 2.53. The SMILES string of the molecule is Fc1cc(Nc2cc(Cl)nc(-c3ccncc3)n2)cc(F)c1F. The highest BCUT2D eigenvalue weighted by molar-refractivity contribution is 6.29. The second-order valence-corrected chi connectivity index (χ2v) is 4.90. The van der Waals surface area contributed by atoms with Crippen molar-refractivity contribution in [3.8, 4) is 11.4 Å². The van der Waals surface area contributed by atoms with Crippen LogP contribution in [0.25, 0.3) is 11.4 Å². The molecule has 3 aromatic rings. The lowest BCUT2D eigenvalue weighted by Crippen LogP contribution is -2.00. The van der Waals surface area contributed by atoms with Crippen LogP contribution in [0.1, 0.15) is 0 Å². The number of benzene rings is 1. The minimum Gasteiger partial charge on any atom is -0.340 e. The second-order valence-electron chi connectivity index (χ2n) is 4.51. The summed E-state index contributed by atoms with van der Waals surface area (Å²) < 4.78 is 39.5. The molecule has 0 saturated carbocycles. The second kappa shape index (κ2) is 6.21. The molecule has 0 radical (unpaired) electrons. The molecule has 2 aromatic heterocycles. The molecule has 0 spiro atoms. The van der Waals surface area contributed by atoms with Crippen molar-refractivity contribution in [1.29, 1.82) is 0 Å². The van der Waals surface area contributed by atoms with Gasteiger partial charge in [-0.05, 0) is 12.1 Å². The van der Waals surface area contributed by atoms with E-state index in [1.165, 1.54) is 6.07 Å². The van der Waals surface area contributed by atoms with E-state index in [1.807, 2.05) is 0 Å². The minimum atomic E-state index is -1.53. The van der Waals surface area contributed by atoms with E-state index in [-0.39, 0.29) is 16.7 Å². The highest BCUT2D eigenvalue weighted by Gasteiger charge is 2.12. The Hall–Kier alpha value is -2.67. The lowest BCUT2D eigenvalue weighted by molar-refractivity contribution is 0.448. The van der Waals surface area contributed by atoms with Gasteiger partial charge in [0.25, 0.3) is 0 Å². The van der Waals surface area contributed by atoms with E-state index in [0.29, 0.717) is 11.4 Å². The van der Waals surface area contributed by atoms with Gasteiger partial charge in [-0.1, -0.05) is 11.6 Å². The summed E-state index contributed by atoms with van der Waals surface area (Å²) in [5.41, 5.74) is 0.666. The lowest BCUT2D eigenvalue weighted by Gasteiger charge is -2.09. The molecular formula is C15H8ClF3N4. The van der Waals surface area contributed by atoms with Crippen molar-refractivity contribution in [2.75, 3.05) is 5.32 Å². The Morgan fingerprint density at radius 1 is 0.913 bits per heavy atom. The van der Waals surface area contributed by atoms with Gasteiger partial charge in [-0.2, -0.15) is 0 Å². The van der Waals surface area contributed by atoms with Crippen molar-refractivity contribution in [2.24, 2.45) is 0 Å². The third-order valence-corrected chi connectivity index (χ3v) is 3.08. The van der Waals surface area contributed by atoms with Crippen LogP contribution in [0.15, 0.2) is 42.7 Å². The molecule has 0 bridgehead atoms. The van der Waals surface area contributed by atoms with Crippen LogP contribution < -0.4 is 5.32 Å². The molecule has 3 rings (SSSR count). The van der Waals surface area contributed by atoms with Crippen LogP contribution in [0.3, 0.4) is 0 Å². The van der Waals surface area contributed by atoms with Crippen LogP contribution in [0.4, 0.5) is 24.7 Å². The zero-order valence-corrected chi connectivity index (χ0v) is 12.2. The fourth-order valence-electron chi connectivity index (χ4n) is 1.89. The fraction of sp³-hybridized carbons (Fsp3) is 0. The van der Waals surface area contributed by atoms with Crippen molar-refractivity contribution in [2.45, 2.75) is 0 Å². The molecule has 0 amide bonds. The third-order valence-electron chi connectivity index (χ3n) is 2.89. The smallest absolute Gasteiger partial charge is 0.194 e. The maximum absolute atomic E-state index is 13.2. The summed E-state index contributed by atoms with van der Waals surface area (Å²) in [6.07, 6.45) is 3.13. The molecule has 0 fully saturated rings. The van der Waals surface area contributed by atoms with Crippen LogP contribution in [-0.4, -0.2) is 15.0 Å². The zero-order chi connectivity index (χ0) is 16.4. The molecule has 23 heavy (non-hydrogen) atoms. The Bertz CT molecular complexity index is 836. The predicted molar refractivity (Wildman–Crippen MR) is 79.9 cm³/mol. The molecule has 1 N–H and O–H groups in total. The molecule has 0 saturated heterocycles. The summed E-state index contributed by atoms with van der Waals surface area (Å²) >= 11 is 5.94. The molecule has 8 heteroatoms. The van der Waals surface area contributed by atoms with E-state index in [9.17, 15) is 13.2 Å². The molecule has 2 heterocycles. The number of hydrogen-bond donors (Lipinski definition) is 1. The first-order chi connectivity index (χ1) is 11.0. The molecule has 4 nitrogen and oxygen atoms in total. The minimum absolute atomic E-state index is 0.00292. The molecule has 1 aromatic carbocycles. The molecular weight excluding hydrogens is 329 g/mol. The summed E-state index contributed by atoms with van der Waals surface area (Å²) in [5.74, 6) is -3.62. The van der Waals surface area contributed by atoms with Gasteiger partial charge in [0, 0.05) is 41.8 Å². The summed E-state index contributed by atoms with van der Waals surface area (Å²) in [5, 5.41) is 2.80. The van der Waals surface area contributed by atoms with Gasteiger partial charge in [0.1, 0.15) is 11.0 Å². The van der Waals surface area contributed by atoms with Crippen molar-refractivity contribution >= 4 is 23.1 Å². The van der Waals surface area contributed by atoms with E-state index in [1.54, 1.807) is 24.5 Å². The highest BCUT2D eigenvalue weighted by Crippen LogP contribution is 2.24. The van der Waals surface area contributed by atoms with Crippen LogP contribution in [-0.2, 0) is 0 Å². The van der Waals surface area contributed by atoms with Crippen LogP contribution >= 0.6 is 11.6 Å². The topological polar surface area (TPSA) is 50.7 Å². The third kappa shape index (κ3) is 3.40. The lowest BCUT2D eigenvalue weighted by atomic mass is 10.2. The van der Waals surface area contributed by atoms with Crippen molar-refractivity contribution in [3.63, 3.8) is 0 Å². The molecule has 116 valence electrons. The Morgan fingerprint density at radius 2 is 1.57 bits per heavy atom. The number of nitrogens with one attached hydrogen (secondary N) is 1. The number of pyridine rings is 1. The number of rotatable bonds is 3. The summed E-state index contributed by atoms with van der Waals surface area (Å²) in [4.78, 5) is 12.2. The van der Waals surface area contributed by atoms with Crippen LogP contribution in [0, 0.1) is 17.5 Å². The zero-order valence-electron chi connectivity index (χ0n) is 11.4. The first-order valence-electron chi connectivity index (χ1n) is 6.39. The Morgan fingerprint density at radius 3 is 2.22 bits per heavy atom. The van der Waals surface area contributed by atoms with E-state index in [4.69, 9.17) is 11.6 Å². The van der Waals surface area contributed by atoms with Crippen molar-refractivity contribution < 1.29 is 13.2 Å². The number of nitrogens with zero attached hydrogens (tertiary/aromatic N) is 3. The van der Waals surface area contributed by atoms with Gasteiger partial charge < -0.3 is 5.32 Å². The largest absolute Gasteiger partial charge is 0.340 e. The molecule has 0 aliphatic rings. The maximum atomic E-state index is 13.2. The fourth-order valence-corrected chi connectivity index (χ4v) is 2.07. The number of halogens is 4. The number of aromatic nitrogens is 3. The molecule has 0 unspecified atom stereocenters. The van der Waals surface area contributed by atoms with Gasteiger partial charge in [0.2, 0.25) is 0 Å². The Balaban J connectivity index is 1.96. The van der Waals surface area contributed by atoms with Gasteiger partial charge >= 0.3 is 0 Å². The normalized spacial score (nSPS) is 10.6. The van der Waals surface area contributed by atoms with E-state index in [0.717, 1.165) is 12.1 Å². The van der Waals surface area contributed by atoms with Gasteiger partial charge in [-0.3, -0.25) is 4.98 Å². The average molecular weight is 337 g/mol. The van der Waals surface area contributed by atoms with Gasteiger partial charge in [-0.15, -0.1) is 0 Å². The van der Waals surface area contributed by atoms with Crippen LogP contribution in [0.5, 0.6) is 0 Å². The highest BCUT2D eigenvalue weighted by atomic mass is 35.5. The van der Waals surface area contributed by atoms with Crippen LogP contribution in [0.2, 0.25) is 5.15 Å². The molecule has 0 aliphatic heterocycles. The quantitative estimate of drug-likeness (QED) is 0.570. The first kappa shape index (κ1) is 15.2. The van der Waals surface area contributed by atoms with E-state index < -0.39 is 17.5 Å². The number of hydrogen-bond acceptors (Lipinski definition) is 4. The Labute approximate surface area is 134 Å². The standard InChI is InChI=1S/C15H8ClF3N4/c16-12-7-13(21-9-5-10(17)14(19)11(18)6-9)23-15(22-12)8-1-3-20-4-2-8/h1-7H,(H,21,22,23). The Kier molecular flexibility index (Phi) is 4.12. The maximum Gasteiger partial charge on any atom is 0.194 e.